The lowest BCUT2D eigenvalue weighted by Gasteiger charge is -2.04. The number of aromatic amines is 1. The number of benzene rings is 1. The van der Waals surface area contributed by atoms with Crippen LogP contribution < -0.4 is 0 Å². The molecular weight excluding hydrogens is 220 g/mol. The number of nitrogens with one attached hydrogen (secondary N) is 1. The van der Waals surface area contributed by atoms with Crippen molar-refractivity contribution in [2.24, 2.45) is 0 Å². The zero-order chi connectivity index (χ0) is 12.2. The van der Waals surface area contributed by atoms with Gasteiger partial charge in [0.05, 0.1) is 5.69 Å². The number of hydrogen-bond donors (Lipinski definition) is 1. The predicted octanol–water partition coefficient (Wildman–Crippen LogP) is 4.13. The standard InChI is InChI=1S/C16H20N2/c1-2-7-11-14-15(12-8-3-1)17-18-16(14)13-9-5-4-6-10-13/h4-6,9-10H,1-3,7-8,11-12H2,(H,17,18). The number of rotatable bonds is 1. The Balaban J connectivity index is 1.97. The third kappa shape index (κ3) is 2.33. The molecule has 18 heavy (non-hydrogen) atoms. The predicted molar refractivity (Wildman–Crippen MR) is 74.5 cm³/mol. The van der Waals surface area contributed by atoms with Gasteiger partial charge in [-0.3, -0.25) is 5.10 Å². The van der Waals surface area contributed by atoms with Crippen molar-refractivity contribution in [2.45, 2.75) is 44.9 Å². The van der Waals surface area contributed by atoms with Gasteiger partial charge in [-0.2, -0.15) is 5.10 Å². The van der Waals surface area contributed by atoms with E-state index in [0.717, 1.165) is 6.42 Å². The Labute approximate surface area is 108 Å². The molecule has 1 heterocycles. The summed E-state index contributed by atoms with van der Waals surface area (Å²) >= 11 is 0. The molecule has 0 saturated heterocycles. The van der Waals surface area contributed by atoms with Crippen LogP contribution in [0.5, 0.6) is 0 Å². The monoisotopic (exact) mass is 240 g/mol. The average molecular weight is 240 g/mol. The number of aryl methyl sites for hydroxylation is 1. The minimum Gasteiger partial charge on any atom is -0.282 e. The summed E-state index contributed by atoms with van der Waals surface area (Å²) in [6, 6.07) is 10.5. The van der Waals surface area contributed by atoms with E-state index in [9.17, 15) is 0 Å². The minimum atomic E-state index is 1.16. The zero-order valence-corrected chi connectivity index (χ0v) is 10.8. The fraction of sp³-hybridized carbons (Fsp3) is 0.438. The minimum absolute atomic E-state index is 1.16. The molecule has 2 aromatic rings. The Hall–Kier alpha value is -1.57. The number of aromatic nitrogens is 2. The third-order valence-electron chi connectivity index (χ3n) is 3.85. The number of H-pyrrole nitrogens is 1. The van der Waals surface area contributed by atoms with Crippen LogP contribution in [-0.4, -0.2) is 10.2 Å². The molecular formula is C16H20N2. The van der Waals surface area contributed by atoms with Crippen molar-refractivity contribution in [3.63, 3.8) is 0 Å². The lowest BCUT2D eigenvalue weighted by molar-refractivity contribution is 0.626. The van der Waals surface area contributed by atoms with Gasteiger partial charge in [-0.25, -0.2) is 0 Å². The van der Waals surface area contributed by atoms with Crippen molar-refractivity contribution in [1.29, 1.82) is 0 Å². The van der Waals surface area contributed by atoms with Crippen LogP contribution in [0, 0.1) is 0 Å². The molecule has 1 aromatic carbocycles. The molecule has 0 saturated carbocycles. The van der Waals surface area contributed by atoms with Crippen molar-refractivity contribution in [3.05, 3.63) is 41.6 Å². The molecule has 0 bridgehead atoms. The summed E-state index contributed by atoms with van der Waals surface area (Å²) in [6.07, 6.45) is 9.04. The van der Waals surface area contributed by atoms with Crippen LogP contribution >= 0.6 is 0 Å². The van der Waals surface area contributed by atoms with Crippen LogP contribution in [0.1, 0.15) is 43.4 Å². The van der Waals surface area contributed by atoms with Crippen molar-refractivity contribution >= 4 is 0 Å². The molecule has 0 unspecified atom stereocenters. The molecule has 0 spiro atoms. The number of nitrogens with zero attached hydrogens (tertiary/aromatic N) is 1. The molecule has 1 aliphatic carbocycles. The lowest BCUT2D eigenvalue weighted by Crippen LogP contribution is -1.92. The van der Waals surface area contributed by atoms with Gasteiger partial charge in [0.25, 0.3) is 0 Å². The van der Waals surface area contributed by atoms with Gasteiger partial charge < -0.3 is 0 Å². The highest BCUT2D eigenvalue weighted by molar-refractivity contribution is 5.63. The lowest BCUT2D eigenvalue weighted by atomic mass is 10.0. The van der Waals surface area contributed by atoms with E-state index >= 15 is 0 Å². The zero-order valence-electron chi connectivity index (χ0n) is 10.8. The molecule has 0 fully saturated rings. The first-order valence-corrected chi connectivity index (χ1v) is 7.07. The highest BCUT2D eigenvalue weighted by Gasteiger charge is 2.15. The van der Waals surface area contributed by atoms with Gasteiger partial charge in [0, 0.05) is 16.8 Å². The van der Waals surface area contributed by atoms with Gasteiger partial charge in [-0.05, 0) is 25.7 Å². The Morgan fingerprint density at radius 2 is 1.56 bits per heavy atom. The second kappa shape index (κ2) is 5.38. The van der Waals surface area contributed by atoms with Gasteiger partial charge in [-0.1, -0.05) is 49.6 Å². The van der Waals surface area contributed by atoms with E-state index < -0.39 is 0 Å². The topological polar surface area (TPSA) is 28.7 Å². The summed E-state index contributed by atoms with van der Waals surface area (Å²) in [4.78, 5) is 0. The van der Waals surface area contributed by atoms with E-state index in [-0.39, 0.29) is 0 Å². The Morgan fingerprint density at radius 3 is 2.39 bits per heavy atom. The van der Waals surface area contributed by atoms with E-state index in [4.69, 9.17) is 0 Å². The molecule has 2 heteroatoms. The molecule has 0 atom stereocenters. The summed E-state index contributed by atoms with van der Waals surface area (Å²) in [5.74, 6) is 0. The fourth-order valence-corrected chi connectivity index (χ4v) is 2.85. The van der Waals surface area contributed by atoms with E-state index in [1.54, 1.807) is 0 Å². The number of fused-ring (bicyclic) bond motifs is 1. The van der Waals surface area contributed by atoms with Crippen molar-refractivity contribution in [2.75, 3.05) is 0 Å². The largest absolute Gasteiger partial charge is 0.282 e. The van der Waals surface area contributed by atoms with Crippen LogP contribution in [0.4, 0.5) is 0 Å². The summed E-state index contributed by atoms with van der Waals surface area (Å²) < 4.78 is 0. The summed E-state index contributed by atoms with van der Waals surface area (Å²) in [5, 5.41) is 7.83. The Morgan fingerprint density at radius 1 is 0.833 bits per heavy atom. The van der Waals surface area contributed by atoms with Crippen molar-refractivity contribution in [3.8, 4) is 11.3 Å². The highest BCUT2D eigenvalue weighted by atomic mass is 15.1. The Kier molecular flexibility index (Phi) is 3.44. The van der Waals surface area contributed by atoms with Gasteiger partial charge in [-0.15, -0.1) is 0 Å². The molecule has 94 valence electrons. The van der Waals surface area contributed by atoms with Crippen molar-refractivity contribution < 1.29 is 0 Å². The quantitative estimate of drug-likeness (QED) is 0.797. The normalized spacial score (nSPS) is 16.4. The van der Waals surface area contributed by atoms with E-state index in [1.165, 1.54) is 61.0 Å². The molecule has 0 aliphatic heterocycles. The number of hydrogen-bond acceptors (Lipinski definition) is 1. The second-order valence-corrected chi connectivity index (χ2v) is 5.16. The van der Waals surface area contributed by atoms with Crippen LogP contribution in [-0.2, 0) is 12.8 Å². The molecule has 1 N–H and O–H groups in total. The van der Waals surface area contributed by atoms with Crippen LogP contribution in [0.15, 0.2) is 30.3 Å². The van der Waals surface area contributed by atoms with E-state index in [0.29, 0.717) is 0 Å². The average Bonchev–Trinajstić information content (AvgIpc) is 2.84. The van der Waals surface area contributed by atoms with Crippen molar-refractivity contribution in [1.82, 2.24) is 10.2 Å². The van der Waals surface area contributed by atoms with Crippen LogP contribution in [0.25, 0.3) is 11.3 Å². The summed E-state index contributed by atoms with van der Waals surface area (Å²) in [7, 11) is 0. The first kappa shape index (κ1) is 11.5. The molecule has 1 aliphatic rings. The Bertz CT molecular complexity index is 499. The molecule has 0 amide bonds. The van der Waals surface area contributed by atoms with Crippen LogP contribution in [0.2, 0.25) is 0 Å². The third-order valence-corrected chi connectivity index (χ3v) is 3.85. The van der Waals surface area contributed by atoms with Gasteiger partial charge in [0.2, 0.25) is 0 Å². The summed E-state index contributed by atoms with van der Waals surface area (Å²) in [6.45, 7) is 0. The van der Waals surface area contributed by atoms with Crippen LogP contribution in [0.3, 0.4) is 0 Å². The SMILES string of the molecule is c1ccc(-c2n[nH]c3c2CCCCCCC3)cc1. The van der Waals surface area contributed by atoms with Gasteiger partial charge >= 0.3 is 0 Å². The molecule has 3 rings (SSSR count). The maximum Gasteiger partial charge on any atom is 0.0955 e. The highest BCUT2D eigenvalue weighted by Crippen LogP contribution is 2.27. The molecule has 0 radical (unpaired) electrons. The maximum atomic E-state index is 4.56. The van der Waals surface area contributed by atoms with Gasteiger partial charge in [0.15, 0.2) is 0 Å². The first-order chi connectivity index (χ1) is 8.95. The molecule has 2 nitrogen and oxygen atoms in total. The fourth-order valence-electron chi connectivity index (χ4n) is 2.85. The second-order valence-electron chi connectivity index (χ2n) is 5.16. The van der Waals surface area contributed by atoms with Gasteiger partial charge in [0.1, 0.15) is 0 Å². The summed E-state index contributed by atoms with van der Waals surface area (Å²) in [5.41, 5.74) is 5.25. The first-order valence-electron chi connectivity index (χ1n) is 7.07. The van der Waals surface area contributed by atoms with E-state index in [2.05, 4.69) is 40.5 Å². The molecule has 1 aromatic heterocycles. The van der Waals surface area contributed by atoms with E-state index in [1.807, 2.05) is 0 Å². The smallest absolute Gasteiger partial charge is 0.0955 e. The maximum absolute atomic E-state index is 4.56.